The number of nitrogens with zero attached hydrogens (tertiary/aromatic N) is 1. The lowest BCUT2D eigenvalue weighted by Crippen LogP contribution is -2.31. The normalized spacial score (nSPS) is 11.3. The second-order valence-corrected chi connectivity index (χ2v) is 5.68. The minimum absolute atomic E-state index is 0.0731. The van der Waals surface area contributed by atoms with Crippen LogP contribution in [0.5, 0.6) is 0 Å². The van der Waals surface area contributed by atoms with Gasteiger partial charge in [-0.1, -0.05) is 30.3 Å². The third-order valence-electron chi connectivity index (χ3n) is 3.26. The molecule has 0 bridgehead atoms. The second-order valence-electron chi connectivity index (χ2n) is 5.68. The average Bonchev–Trinajstić information content (AvgIpc) is 2.37. The molecule has 0 saturated carbocycles. The number of rotatable bonds is 5. The maximum Gasteiger partial charge on any atom is 0.0393 e. The molecule has 2 aromatic rings. The Morgan fingerprint density at radius 1 is 1.11 bits per heavy atom. The van der Waals surface area contributed by atoms with E-state index >= 15 is 0 Å². The number of nitrogens with one attached hydrogen (secondary N) is 1. The molecule has 2 nitrogen and oxygen atoms in total. The smallest absolute Gasteiger partial charge is 0.0393 e. The van der Waals surface area contributed by atoms with Gasteiger partial charge in [-0.2, -0.15) is 0 Å². The first kappa shape index (κ1) is 13.6. The highest BCUT2D eigenvalue weighted by Crippen LogP contribution is 2.20. The Balaban J connectivity index is 1.95. The molecule has 1 heterocycles. The first-order valence-electron chi connectivity index (χ1n) is 6.80. The molecular weight excluding hydrogens is 232 g/mol. The molecule has 2 heteroatoms. The number of aromatic nitrogens is 1. The Morgan fingerprint density at radius 3 is 2.53 bits per heavy atom. The van der Waals surface area contributed by atoms with E-state index in [1.165, 1.54) is 5.56 Å². The van der Waals surface area contributed by atoms with E-state index in [0.717, 1.165) is 24.2 Å². The molecule has 0 unspecified atom stereocenters. The van der Waals surface area contributed by atoms with Crippen molar-refractivity contribution in [3.05, 3.63) is 59.9 Å². The van der Waals surface area contributed by atoms with Crippen LogP contribution in [-0.2, 0) is 6.42 Å². The quantitative estimate of drug-likeness (QED) is 0.864. The van der Waals surface area contributed by atoms with Crippen molar-refractivity contribution in [2.24, 2.45) is 0 Å². The zero-order valence-electron chi connectivity index (χ0n) is 12.0. The van der Waals surface area contributed by atoms with Gasteiger partial charge in [0, 0.05) is 23.1 Å². The molecule has 0 spiro atoms. The zero-order chi connectivity index (χ0) is 13.7. The maximum atomic E-state index is 4.22. The van der Waals surface area contributed by atoms with Crippen molar-refractivity contribution in [2.75, 3.05) is 5.32 Å². The van der Waals surface area contributed by atoms with Crippen molar-refractivity contribution < 1.29 is 0 Å². The fourth-order valence-electron chi connectivity index (χ4n) is 2.18. The van der Waals surface area contributed by atoms with Gasteiger partial charge in [0.15, 0.2) is 0 Å². The maximum absolute atomic E-state index is 4.22. The van der Waals surface area contributed by atoms with Gasteiger partial charge in [0.1, 0.15) is 0 Å². The van der Waals surface area contributed by atoms with Gasteiger partial charge < -0.3 is 5.32 Å². The molecule has 0 aliphatic rings. The zero-order valence-corrected chi connectivity index (χ0v) is 12.0. The summed E-state index contributed by atoms with van der Waals surface area (Å²) in [6.45, 7) is 6.50. The summed E-state index contributed by atoms with van der Waals surface area (Å²) in [7, 11) is 0. The lowest BCUT2D eigenvalue weighted by molar-refractivity contribution is 0.518. The summed E-state index contributed by atoms with van der Waals surface area (Å²) < 4.78 is 0. The molecule has 0 atom stereocenters. The molecule has 0 amide bonds. The van der Waals surface area contributed by atoms with Gasteiger partial charge in [-0.25, -0.2) is 0 Å². The molecule has 1 N–H and O–H groups in total. The van der Waals surface area contributed by atoms with Crippen LogP contribution in [0.3, 0.4) is 0 Å². The Hall–Kier alpha value is -1.83. The van der Waals surface area contributed by atoms with Gasteiger partial charge in [0.2, 0.25) is 0 Å². The Labute approximate surface area is 115 Å². The fourth-order valence-corrected chi connectivity index (χ4v) is 2.18. The largest absolute Gasteiger partial charge is 0.380 e. The summed E-state index contributed by atoms with van der Waals surface area (Å²) in [6.07, 6.45) is 4.04. The topological polar surface area (TPSA) is 24.9 Å². The van der Waals surface area contributed by atoms with Gasteiger partial charge in [0.25, 0.3) is 0 Å². The Kier molecular flexibility index (Phi) is 4.20. The van der Waals surface area contributed by atoms with E-state index in [2.05, 4.69) is 60.5 Å². The van der Waals surface area contributed by atoms with Crippen LogP contribution in [0.15, 0.2) is 48.7 Å². The highest BCUT2D eigenvalue weighted by molar-refractivity contribution is 5.45. The molecule has 100 valence electrons. The van der Waals surface area contributed by atoms with E-state index in [9.17, 15) is 0 Å². The van der Waals surface area contributed by atoms with E-state index < -0.39 is 0 Å². The molecule has 1 aromatic heterocycles. The SMILES string of the molecule is Cc1cc(NC(C)(C)CCc2ccccc2)ccn1. The second kappa shape index (κ2) is 5.87. The van der Waals surface area contributed by atoms with Crippen molar-refractivity contribution in [1.29, 1.82) is 0 Å². The monoisotopic (exact) mass is 254 g/mol. The van der Waals surface area contributed by atoms with Crippen LogP contribution >= 0.6 is 0 Å². The lowest BCUT2D eigenvalue weighted by atomic mass is 9.95. The van der Waals surface area contributed by atoms with Crippen molar-refractivity contribution >= 4 is 5.69 Å². The molecule has 1 aromatic carbocycles. The van der Waals surface area contributed by atoms with Crippen LogP contribution in [0.25, 0.3) is 0 Å². The number of aryl methyl sites for hydroxylation is 2. The molecule has 0 aliphatic carbocycles. The molecule has 0 radical (unpaired) electrons. The predicted molar refractivity (Wildman–Crippen MR) is 81.4 cm³/mol. The van der Waals surface area contributed by atoms with Gasteiger partial charge in [-0.15, -0.1) is 0 Å². The predicted octanol–water partition coefficient (Wildman–Crippen LogP) is 4.21. The van der Waals surface area contributed by atoms with E-state index in [-0.39, 0.29) is 5.54 Å². The van der Waals surface area contributed by atoms with E-state index in [1.54, 1.807) is 0 Å². The van der Waals surface area contributed by atoms with E-state index in [1.807, 2.05) is 19.2 Å². The fraction of sp³-hybridized carbons (Fsp3) is 0.353. The van der Waals surface area contributed by atoms with E-state index in [0.29, 0.717) is 0 Å². The van der Waals surface area contributed by atoms with Crippen LogP contribution in [0.2, 0.25) is 0 Å². The summed E-state index contributed by atoms with van der Waals surface area (Å²) in [5, 5.41) is 3.59. The highest BCUT2D eigenvalue weighted by Gasteiger charge is 2.17. The van der Waals surface area contributed by atoms with Crippen LogP contribution in [0.1, 0.15) is 31.5 Å². The van der Waals surface area contributed by atoms with Gasteiger partial charge in [-0.3, -0.25) is 4.98 Å². The van der Waals surface area contributed by atoms with Gasteiger partial charge in [0.05, 0.1) is 0 Å². The van der Waals surface area contributed by atoms with Crippen molar-refractivity contribution in [3.63, 3.8) is 0 Å². The Morgan fingerprint density at radius 2 is 1.84 bits per heavy atom. The number of anilines is 1. The van der Waals surface area contributed by atoms with Crippen LogP contribution < -0.4 is 5.32 Å². The van der Waals surface area contributed by atoms with Crippen molar-refractivity contribution in [1.82, 2.24) is 4.98 Å². The minimum Gasteiger partial charge on any atom is -0.380 e. The highest BCUT2D eigenvalue weighted by atomic mass is 15.0. The Bertz CT molecular complexity index is 518. The standard InChI is InChI=1S/C17H22N2/c1-14-13-16(10-12-18-14)19-17(2,3)11-9-15-7-5-4-6-8-15/h4-8,10,12-13H,9,11H2,1-3H3,(H,18,19). The van der Waals surface area contributed by atoms with Gasteiger partial charge >= 0.3 is 0 Å². The molecule has 0 fully saturated rings. The number of pyridine rings is 1. The van der Waals surface area contributed by atoms with E-state index in [4.69, 9.17) is 0 Å². The average molecular weight is 254 g/mol. The van der Waals surface area contributed by atoms with Crippen LogP contribution in [0, 0.1) is 6.92 Å². The number of hydrogen-bond acceptors (Lipinski definition) is 2. The molecule has 2 rings (SSSR count). The number of benzene rings is 1. The molecular formula is C17H22N2. The summed E-state index contributed by atoms with van der Waals surface area (Å²) in [5.74, 6) is 0. The molecule has 0 aliphatic heterocycles. The van der Waals surface area contributed by atoms with Gasteiger partial charge in [-0.05, 0) is 51.3 Å². The number of hydrogen-bond donors (Lipinski definition) is 1. The molecule has 0 saturated heterocycles. The van der Waals surface area contributed by atoms with Crippen molar-refractivity contribution in [2.45, 2.75) is 39.2 Å². The minimum atomic E-state index is 0.0731. The third kappa shape index (κ3) is 4.40. The third-order valence-corrected chi connectivity index (χ3v) is 3.26. The first-order valence-corrected chi connectivity index (χ1v) is 6.80. The summed E-state index contributed by atoms with van der Waals surface area (Å²) in [4.78, 5) is 4.22. The molecule has 19 heavy (non-hydrogen) atoms. The summed E-state index contributed by atoms with van der Waals surface area (Å²) in [6, 6.07) is 14.7. The summed E-state index contributed by atoms with van der Waals surface area (Å²) in [5.41, 5.74) is 3.65. The lowest BCUT2D eigenvalue weighted by Gasteiger charge is -2.28. The van der Waals surface area contributed by atoms with Crippen molar-refractivity contribution in [3.8, 4) is 0 Å². The summed E-state index contributed by atoms with van der Waals surface area (Å²) >= 11 is 0. The first-order chi connectivity index (χ1) is 9.05. The van der Waals surface area contributed by atoms with Crippen LogP contribution in [-0.4, -0.2) is 10.5 Å². The van der Waals surface area contributed by atoms with Crippen LogP contribution in [0.4, 0.5) is 5.69 Å².